The molecule has 0 spiro atoms. The fourth-order valence-corrected chi connectivity index (χ4v) is 1.63. The highest BCUT2D eigenvalue weighted by Crippen LogP contribution is 2.29. The first-order valence-electron chi connectivity index (χ1n) is 4.18. The number of urea groups is 1. The topological polar surface area (TPSA) is 49.4 Å². The molecule has 4 nitrogen and oxygen atoms in total. The summed E-state index contributed by atoms with van der Waals surface area (Å²) in [5.74, 6) is -0.606. The Morgan fingerprint density at radius 1 is 1.40 bits per heavy atom. The summed E-state index contributed by atoms with van der Waals surface area (Å²) in [6.45, 7) is 0.173. The minimum absolute atomic E-state index is 0.0106. The third kappa shape index (κ3) is 4.41. The molecule has 1 aliphatic rings. The maximum absolute atomic E-state index is 11.8. The number of carbonyl (C=O) groups is 2. The fourth-order valence-electron chi connectivity index (χ4n) is 1.08. The zero-order valence-electron chi connectivity index (χ0n) is 7.63. The minimum Gasteiger partial charge on any atom is -0.323 e. The standard InChI is InChI=1S/C7H9F3N2O2S/c8-7(9,10)15-4-3-12-2-1-5(13)11-6(12)14/h1-4H2,(H,11,13,14). The number of hydrogen-bond donors (Lipinski definition) is 1. The molecular formula is C7H9F3N2O2S. The minimum atomic E-state index is -4.28. The fraction of sp³-hybridized carbons (Fsp3) is 0.714. The molecule has 0 aromatic heterocycles. The highest BCUT2D eigenvalue weighted by molar-refractivity contribution is 8.00. The number of thioether (sulfide) groups is 1. The Hall–Kier alpha value is -0.920. The summed E-state index contributed by atoms with van der Waals surface area (Å²) in [5.41, 5.74) is -4.28. The molecule has 0 saturated carbocycles. The molecule has 3 amide bonds. The van der Waals surface area contributed by atoms with Gasteiger partial charge in [0.1, 0.15) is 0 Å². The number of halogens is 3. The largest absolute Gasteiger partial charge is 0.441 e. The van der Waals surface area contributed by atoms with Crippen LogP contribution in [0.4, 0.5) is 18.0 Å². The molecule has 1 N–H and O–H groups in total. The first kappa shape index (κ1) is 12.2. The Labute approximate surface area is 88.2 Å². The van der Waals surface area contributed by atoms with Crippen molar-refractivity contribution in [1.29, 1.82) is 0 Å². The van der Waals surface area contributed by atoms with Crippen molar-refractivity contribution in [3.63, 3.8) is 0 Å². The van der Waals surface area contributed by atoms with Gasteiger partial charge in [0, 0.05) is 25.3 Å². The zero-order valence-corrected chi connectivity index (χ0v) is 8.45. The Kier molecular flexibility index (Phi) is 3.83. The van der Waals surface area contributed by atoms with E-state index in [4.69, 9.17) is 0 Å². The van der Waals surface area contributed by atoms with Crippen LogP contribution in [-0.4, -0.2) is 41.2 Å². The smallest absolute Gasteiger partial charge is 0.323 e. The lowest BCUT2D eigenvalue weighted by atomic mass is 10.3. The van der Waals surface area contributed by atoms with Gasteiger partial charge < -0.3 is 4.90 Å². The number of hydrogen-bond acceptors (Lipinski definition) is 3. The molecule has 1 aliphatic heterocycles. The number of carbonyl (C=O) groups excluding carboxylic acids is 2. The highest BCUT2D eigenvalue weighted by Gasteiger charge is 2.29. The third-order valence-electron chi connectivity index (χ3n) is 1.77. The molecule has 0 bridgehead atoms. The molecule has 1 saturated heterocycles. The van der Waals surface area contributed by atoms with E-state index < -0.39 is 11.5 Å². The van der Waals surface area contributed by atoms with Crippen LogP contribution >= 0.6 is 11.8 Å². The van der Waals surface area contributed by atoms with E-state index >= 15 is 0 Å². The Bertz CT molecular complexity index is 269. The average Bonchev–Trinajstić information content (AvgIpc) is 2.07. The third-order valence-corrected chi connectivity index (χ3v) is 2.48. The number of rotatable bonds is 3. The van der Waals surface area contributed by atoms with E-state index in [1.54, 1.807) is 0 Å². The molecule has 0 aromatic rings. The Morgan fingerprint density at radius 2 is 2.07 bits per heavy atom. The Balaban J connectivity index is 2.27. The quantitative estimate of drug-likeness (QED) is 0.808. The van der Waals surface area contributed by atoms with Crippen LogP contribution in [0, 0.1) is 0 Å². The van der Waals surface area contributed by atoms with Crippen LogP contribution in [0.1, 0.15) is 6.42 Å². The lowest BCUT2D eigenvalue weighted by Gasteiger charge is -2.26. The van der Waals surface area contributed by atoms with Crippen LogP contribution in [0.25, 0.3) is 0 Å². The van der Waals surface area contributed by atoms with Gasteiger partial charge in [0.25, 0.3) is 0 Å². The van der Waals surface area contributed by atoms with Crippen LogP contribution < -0.4 is 5.32 Å². The van der Waals surface area contributed by atoms with Gasteiger partial charge in [-0.05, 0) is 11.8 Å². The van der Waals surface area contributed by atoms with Gasteiger partial charge in [-0.15, -0.1) is 0 Å². The van der Waals surface area contributed by atoms with Gasteiger partial charge in [-0.3, -0.25) is 10.1 Å². The van der Waals surface area contributed by atoms with E-state index in [2.05, 4.69) is 0 Å². The second-order valence-electron chi connectivity index (χ2n) is 2.88. The van der Waals surface area contributed by atoms with Crippen molar-refractivity contribution in [3.8, 4) is 0 Å². The highest BCUT2D eigenvalue weighted by atomic mass is 32.2. The van der Waals surface area contributed by atoms with Crippen LogP contribution in [0.3, 0.4) is 0 Å². The van der Waals surface area contributed by atoms with Gasteiger partial charge in [0.05, 0.1) is 0 Å². The van der Waals surface area contributed by atoms with Gasteiger partial charge in [-0.25, -0.2) is 4.79 Å². The van der Waals surface area contributed by atoms with Crippen molar-refractivity contribution < 1.29 is 22.8 Å². The molecule has 0 unspecified atom stereocenters. The van der Waals surface area contributed by atoms with E-state index in [1.165, 1.54) is 4.90 Å². The molecule has 1 heterocycles. The van der Waals surface area contributed by atoms with Crippen molar-refractivity contribution >= 4 is 23.7 Å². The predicted molar refractivity (Wildman–Crippen MR) is 48.2 cm³/mol. The molecule has 86 valence electrons. The predicted octanol–water partition coefficient (Wildman–Crippen LogP) is 1.18. The summed E-state index contributed by atoms with van der Waals surface area (Å²) in [6, 6.07) is -0.617. The molecule has 15 heavy (non-hydrogen) atoms. The first-order valence-corrected chi connectivity index (χ1v) is 5.16. The summed E-state index contributed by atoms with van der Waals surface area (Å²) in [5, 5.41) is 2.03. The van der Waals surface area contributed by atoms with E-state index in [0.29, 0.717) is 0 Å². The van der Waals surface area contributed by atoms with Crippen molar-refractivity contribution in [3.05, 3.63) is 0 Å². The monoisotopic (exact) mass is 242 g/mol. The SMILES string of the molecule is O=C1CCN(CCSC(F)(F)F)C(=O)N1. The molecule has 1 rings (SSSR count). The molecule has 8 heteroatoms. The van der Waals surface area contributed by atoms with Crippen molar-refractivity contribution in [1.82, 2.24) is 10.2 Å². The second kappa shape index (κ2) is 4.73. The van der Waals surface area contributed by atoms with E-state index in [9.17, 15) is 22.8 Å². The van der Waals surface area contributed by atoms with Crippen LogP contribution in [0.5, 0.6) is 0 Å². The number of nitrogens with one attached hydrogen (secondary N) is 1. The number of nitrogens with zero attached hydrogens (tertiary/aromatic N) is 1. The molecule has 0 aliphatic carbocycles. The Morgan fingerprint density at radius 3 is 2.60 bits per heavy atom. The van der Waals surface area contributed by atoms with E-state index in [0.717, 1.165) is 0 Å². The lowest BCUT2D eigenvalue weighted by Crippen LogP contribution is -2.50. The van der Waals surface area contributed by atoms with Crippen molar-refractivity contribution in [2.75, 3.05) is 18.8 Å². The summed E-state index contributed by atoms with van der Waals surface area (Å²) in [7, 11) is 0. The van der Waals surface area contributed by atoms with E-state index in [1.807, 2.05) is 5.32 Å². The van der Waals surface area contributed by atoms with Gasteiger partial charge in [0.2, 0.25) is 5.91 Å². The number of amides is 3. The summed E-state index contributed by atoms with van der Waals surface area (Å²) in [6.07, 6.45) is 0.141. The van der Waals surface area contributed by atoms with Gasteiger partial charge in [-0.1, -0.05) is 0 Å². The molecule has 1 fully saturated rings. The first-order chi connectivity index (χ1) is 6.88. The van der Waals surface area contributed by atoms with E-state index in [-0.39, 0.29) is 42.9 Å². The maximum Gasteiger partial charge on any atom is 0.441 e. The van der Waals surface area contributed by atoms with Crippen LogP contribution in [0.2, 0.25) is 0 Å². The molecule has 0 aromatic carbocycles. The van der Waals surface area contributed by atoms with Gasteiger partial charge in [-0.2, -0.15) is 13.2 Å². The maximum atomic E-state index is 11.8. The molecular weight excluding hydrogens is 233 g/mol. The van der Waals surface area contributed by atoms with Crippen molar-refractivity contribution in [2.24, 2.45) is 0 Å². The second-order valence-corrected chi connectivity index (χ2v) is 4.04. The zero-order chi connectivity index (χ0) is 11.5. The van der Waals surface area contributed by atoms with Gasteiger partial charge in [0.15, 0.2) is 0 Å². The summed E-state index contributed by atoms with van der Waals surface area (Å²) in [4.78, 5) is 23.0. The molecule has 0 atom stereocenters. The molecule has 0 radical (unpaired) electrons. The summed E-state index contributed by atoms with van der Waals surface area (Å²) >= 11 is -0.177. The summed E-state index contributed by atoms with van der Waals surface area (Å²) < 4.78 is 35.3. The average molecular weight is 242 g/mol. The number of imide groups is 1. The van der Waals surface area contributed by atoms with Crippen molar-refractivity contribution in [2.45, 2.75) is 11.9 Å². The van der Waals surface area contributed by atoms with Gasteiger partial charge >= 0.3 is 11.5 Å². The number of alkyl halides is 3. The van der Waals surface area contributed by atoms with Crippen LogP contribution in [0.15, 0.2) is 0 Å². The lowest BCUT2D eigenvalue weighted by molar-refractivity contribution is -0.121. The van der Waals surface area contributed by atoms with Crippen LogP contribution in [-0.2, 0) is 4.79 Å². The normalized spacial score (nSPS) is 17.9.